The van der Waals surface area contributed by atoms with Crippen LogP contribution in [0.1, 0.15) is 96.7 Å². The van der Waals surface area contributed by atoms with Gasteiger partial charge in [-0.05, 0) is 110 Å². The van der Waals surface area contributed by atoms with Crippen molar-refractivity contribution in [3.8, 4) is 5.75 Å². The van der Waals surface area contributed by atoms with Crippen molar-refractivity contribution in [1.82, 2.24) is 4.90 Å². The van der Waals surface area contributed by atoms with E-state index < -0.39 is 29.6 Å². The third-order valence-electron chi connectivity index (χ3n) is 11.6. The number of aliphatic hydroxyl groups excluding tert-OH is 2. The van der Waals surface area contributed by atoms with Crippen LogP contribution in [-0.2, 0) is 24.3 Å². The van der Waals surface area contributed by atoms with Crippen LogP contribution in [-0.4, -0.2) is 69.9 Å². The second-order valence-corrected chi connectivity index (χ2v) is 15.8. The van der Waals surface area contributed by atoms with Gasteiger partial charge in [-0.1, -0.05) is 73.2 Å². The minimum Gasteiger partial charge on any atom is -0.461 e. The maximum absolute atomic E-state index is 14.1. The Kier molecular flexibility index (Phi) is 13.2. The zero-order chi connectivity index (χ0) is 39.9. The second-order valence-electron chi connectivity index (χ2n) is 15.8. The Morgan fingerprint density at radius 3 is 2.48 bits per heavy atom. The summed E-state index contributed by atoms with van der Waals surface area (Å²) in [6.45, 7) is 4.98. The van der Waals surface area contributed by atoms with E-state index in [0.717, 1.165) is 22.3 Å². The Hall–Kier alpha value is -4.26. The lowest BCUT2D eigenvalue weighted by Gasteiger charge is -2.46. The van der Waals surface area contributed by atoms with Gasteiger partial charge < -0.3 is 29.2 Å². The van der Waals surface area contributed by atoms with Gasteiger partial charge in [0.05, 0.1) is 37.3 Å². The number of allylic oxidation sites excluding steroid dienone is 2. The highest BCUT2D eigenvalue weighted by Crippen LogP contribution is 2.59. The van der Waals surface area contributed by atoms with Crippen molar-refractivity contribution in [2.45, 2.75) is 102 Å². The highest BCUT2D eigenvalue weighted by atomic mass is 19.4. The molecular weight excluding hydrogens is 723 g/mol. The van der Waals surface area contributed by atoms with Crippen LogP contribution in [0.3, 0.4) is 0 Å². The summed E-state index contributed by atoms with van der Waals surface area (Å²) < 4.78 is 54.3. The fraction of sp³-hybridized carbons (Fsp3) is 0.444. The molecule has 4 aromatic rings. The summed E-state index contributed by atoms with van der Waals surface area (Å²) in [5.74, 6) is -0.632. The number of hydrogen-bond donors (Lipinski definition) is 3. The van der Waals surface area contributed by atoms with E-state index in [1.807, 2.05) is 53.4 Å². The molecule has 300 valence electrons. The van der Waals surface area contributed by atoms with Gasteiger partial charge in [-0.15, -0.1) is 13.2 Å². The van der Waals surface area contributed by atoms with Crippen LogP contribution in [0.5, 0.6) is 5.75 Å². The molecule has 0 saturated heterocycles. The van der Waals surface area contributed by atoms with Crippen LogP contribution in [0, 0.1) is 5.41 Å². The number of fused-ring (bicyclic) bond motifs is 8. The molecule has 1 fully saturated rings. The highest BCUT2D eigenvalue weighted by Gasteiger charge is 2.57. The van der Waals surface area contributed by atoms with Gasteiger partial charge in [-0.3, -0.25) is 9.69 Å². The SMILES string of the molecule is CC1=CCC[C@@]2(C)[C@@H](CC[C@@]2(O)CN(Cc2ccc(OC(F)(F)F)cc2)C[C@@H](O)COCc2ccccc2)c2ccc(cc2C(=O)c2ccco2)C[C@@H](O)CC1. The van der Waals surface area contributed by atoms with Gasteiger partial charge in [0.2, 0.25) is 5.78 Å². The number of carbonyl (C=O) groups excluding carboxylic acids is 1. The quantitative estimate of drug-likeness (QED) is 0.0916. The molecule has 2 bridgehead atoms. The van der Waals surface area contributed by atoms with Crippen LogP contribution in [0.25, 0.3) is 0 Å². The van der Waals surface area contributed by atoms with Crippen LogP contribution < -0.4 is 4.74 Å². The normalized spacial score (nSPS) is 23.7. The third kappa shape index (κ3) is 10.4. The summed E-state index contributed by atoms with van der Waals surface area (Å²) in [4.78, 5) is 16.0. The van der Waals surface area contributed by atoms with Crippen LogP contribution in [0.4, 0.5) is 13.2 Å². The number of alkyl halides is 3. The Morgan fingerprint density at radius 1 is 1.00 bits per heavy atom. The standard InChI is InChI=1S/C45H52F3NO7/c1-31-8-6-21-43(2)40(38-19-15-34(24-35(50)16-12-31)25-39(38)42(52)41-11-7-23-55-41)20-22-44(43,53)30-49(26-32-13-17-37(18-14-32)56-45(46,47)48)27-36(51)29-54-28-33-9-4-3-5-10-33/h3-5,7-11,13-15,17-19,23,25,35-36,40,50-51,53H,6,12,16,20-22,24,26-30H2,1-2H3/t35-,36+,40-,43-,44+/m0/s1. The lowest BCUT2D eigenvalue weighted by molar-refractivity contribution is -0.274. The molecule has 8 nitrogen and oxygen atoms in total. The summed E-state index contributed by atoms with van der Waals surface area (Å²) in [5.41, 5.74) is 2.86. The largest absolute Gasteiger partial charge is 0.573 e. The lowest BCUT2D eigenvalue weighted by Crippen LogP contribution is -2.53. The first-order valence-electron chi connectivity index (χ1n) is 19.4. The van der Waals surface area contributed by atoms with Crippen molar-refractivity contribution in [3.05, 3.63) is 136 Å². The number of ketones is 1. The predicted octanol–water partition coefficient (Wildman–Crippen LogP) is 8.53. The highest BCUT2D eigenvalue weighted by molar-refractivity contribution is 6.08. The first kappa shape index (κ1) is 41.4. The van der Waals surface area contributed by atoms with Gasteiger partial charge in [-0.2, -0.15) is 0 Å². The topological polar surface area (TPSA) is 113 Å². The number of carbonyl (C=O) groups is 1. The molecule has 0 aliphatic heterocycles. The molecule has 0 unspecified atom stereocenters. The maximum atomic E-state index is 14.1. The summed E-state index contributed by atoms with van der Waals surface area (Å²) >= 11 is 0. The van der Waals surface area contributed by atoms with Crippen molar-refractivity contribution < 1.29 is 47.2 Å². The van der Waals surface area contributed by atoms with E-state index in [4.69, 9.17) is 9.15 Å². The van der Waals surface area contributed by atoms with Gasteiger partial charge in [0.1, 0.15) is 5.75 Å². The van der Waals surface area contributed by atoms with E-state index in [0.29, 0.717) is 62.7 Å². The van der Waals surface area contributed by atoms with Crippen LogP contribution in [0.15, 0.2) is 107 Å². The van der Waals surface area contributed by atoms with Gasteiger partial charge in [0.25, 0.3) is 0 Å². The molecule has 56 heavy (non-hydrogen) atoms. The zero-order valence-electron chi connectivity index (χ0n) is 32.0. The fourth-order valence-corrected chi connectivity index (χ4v) is 8.58. The lowest BCUT2D eigenvalue weighted by atomic mass is 9.64. The number of hydrogen-bond acceptors (Lipinski definition) is 8. The minimum atomic E-state index is -4.82. The number of halogens is 3. The number of furan rings is 1. The van der Waals surface area contributed by atoms with Gasteiger partial charge in [0.15, 0.2) is 5.76 Å². The van der Waals surface area contributed by atoms with Crippen LogP contribution in [0.2, 0.25) is 0 Å². The molecule has 1 heterocycles. The Morgan fingerprint density at radius 2 is 1.77 bits per heavy atom. The Bertz CT molecular complexity index is 1910. The first-order valence-corrected chi connectivity index (χ1v) is 19.4. The molecule has 0 spiro atoms. The van der Waals surface area contributed by atoms with Crippen LogP contribution >= 0.6 is 0 Å². The molecule has 0 amide bonds. The maximum Gasteiger partial charge on any atom is 0.573 e. The van der Waals surface area contributed by atoms with E-state index in [1.165, 1.54) is 18.4 Å². The van der Waals surface area contributed by atoms with E-state index in [9.17, 15) is 33.3 Å². The first-order chi connectivity index (χ1) is 26.7. The van der Waals surface area contributed by atoms with E-state index in [1.54, 1.807) is 24.3 Å². The summed E-state index contributed by atoms with van der Waals surface area (Å²) in [6.07, 6.45) is 1.23. The average molecular weight is 776 g/mol. The average Bonchev–Trinajstić information content (AvgIpc) is 3.78. The number of aliphatic hydroxyl groups is 3. The van der Waals surface area contributed by atoms with Gasteiger partial charge in [0, 0.05) is 30.6 Å². The van der Waals surface area contributed by atoms with E-state index in [2.05, 4.69) is 24.7 Å². The number of rotatable bonds is 13. The Balaban J connectivity index is 1.32. The van der Waals surface area contributed by atoms with Crippen molar-refractivity contribution in [3.63, 3.8) is 0 Å². The summed E-state index contributed by atoms with van der Waals surface area (Å²) in [7, 11) is 0. The van der Waals surface area contributed by atoms with E-state index >= 15 is 0 Å². The predicted molar refractivity (Wildman–Crippen MR) is 206 cm³/mol. The molecule has 3 aromatic carbocycles. The molecule has 0 radical (unpaired) electrons. The molecule has 3 aliphatic rings. The number of benzene rings is 3. The summed E-state index contributed by atoms with van der Waals surface area (Å²) in [6, 6.07) is 24.3. The third-order valence-corrected chi connectivity index (χ3v) is 11.6. The smallest absolute Gasteiger partial charge is 0.461 e. The van der Waals surface area contributed by atoms with E-state index in [-0.39, 0.29) is 49.5 Å². The molecule has 5 atom stereocenters. The second kappa shape index (κ2) is 17.9. The molecule has 1 aromatic heterocycles. The number of ether oxygens (including phenoxy) is 2. The Labute approximate surface area is 326 Å². The minimum absolute atomic E-state index is 0.0332. The van der Waals surface area contributed by atoms with Crippen molar-refractivity contribution in [2.75, 3.05) is 19.7 Å². The number of nitrogens with zero attached hydrogens (tertiary/aromatic N) is 1. The molecule has 1 saturated carbocycles. The molecular formula is C45H52F3NO7. The molecule has 3 aliphatic carbocycles. The van der Waals surface area contributed by atoms with Crippen molar-refractivity contribution in [2.24, 2.45) is 5.41 Å². The molecule has 7 rings (SSSR count). The van der Waals surface area contributed by atoms with Gasteiger partial charge in [-0.25, -0.2) is 0 Å². The monoisotopic (exact) mass is 775 g/mol. The summed E-state index contributed by atoms with van der Waals surface area (Å²) in [5, 5.41) is 35.2. The van der Waals surface area contributed by atoms with Crippen molar-refractivity contribution in [1.29, 1.82) is 0 Å². The fourth-order valence-electron chi connectivity index (χ4n) is 8.58. The molecule has 3 N–H and O–H groups in total. The zero-order valence-corrected chi connectivity index (χ0v) is 32.0. The van der Waals surface area contributed by atoms with Gasteiger partial charge >= 0.3 is 6.36 Å². The molecule has 11 heteroatoms. The van der Waals surface area contributed by atoms with Crippen molar-refractivity contribution >= 4 is 5.78 Å².